The van der Waals surface area contributed by atoms with E-state index in [4.69, 9.17) is 0 Å². The van der Waals surface area contributed by atoms with Crippen LogP contribution in [0.25, 0.3) is 0 Å². The van der Waals surface area contributed by atoms with Crippen LogP contribution < -0.4 is 10.6 Å². The van der Waals surface area contributed by atoms with Crippen molar-refractivity contribution in [2.45, 2.75) is 31.3 Å². The third-order valence-corrected chi connectivity index (χ3v) is 3.01. The van der Waals surface area contributed by atoms with E-state index in [-0.39, 0.29) is 0 Å². The maximum absolute atomic E-state index is 10.2. The van der Waals surface area contributed by atoms with Crippen LogP contribution in [0.5, 0.6) is 0 Å². The largest absolute Gasteiger partial charge is 0.388 e. The molecule has 0 atom stereocenters. The summed E-state index contributed by atoms with van der Waals surface area (Å²) >= 11 is 0. The molecule has 2 rings (SSSR count). The number of hydrogen-bond acceptors (Lipinski definition) is 5. The Kier molecular flexibility index (Phi) is 3.24. The lowest BCUT2D eigenvalue weighted by Gasteiger charge is -2.22. The van der Waals surface area contributed by atoms with Gasteiger partial charge < -0.3 is 15.7 Å². The highest BCUT2D eigenvalue weighted by atomic mass is 16.3. The van der Waals surface area contributed by atoms with E-state index in [2.05, 4.69) is 20.6 Å². The van der Waals surface area contributed by atoms with Crippen molar-refractivity contribution in [1.82, 2.24) is 9.97 Å². The maximum Gasteiger partial charge on any atom is 0.224 e. The van der Waals surface area contributed by atoms with Gasteiger partial charge in [0.1, 0.15) is 5.82 Å². The van der Waals surface area contributed by atoms with Gasteiger partial charge in [-0.1, -0.05) is 12.8 Å². The predicted octanol–water partition coefficient (Wildman–Crippen LogP) is 1.24. The van der Waals surface area contributed by atoms with E-state index in [1.54, 1.807) is 19.3 Å². The molecule has 0 saturated heterocycles. The minimum Gasteiger partial charge on any atom is -0.388 e. The quantitative estimate of drug-likeness (QED) is 0.715. The van der Waals surface area contributed by atoms with Gasteiger partial charge in [0.25, 0.3) is 0 Å². The Labute approximate surface area is 95.3 Å². The molecule has 1 aliphatic rings. The minimum atomic E-state index is -0.551. The number of rotatable bonds is 4. The van der Waals surface area contributed by atoms with Crippen LogP contribution in [0.15, 0.2) is 12.3 Å². The van der Waals surface area contributed by atoms with E-state index in [9.17, 15) is 5.11 Å². The fourth-order valence-electron chi connectivity index (χ4n) is 2.04. The molecule has 0 amide bonds. The molecule has 0 aromatic carbocycles. The van der Waals surface area contributed by atoms with E-state index in [0.29, 0.717) is 12.5 Å². The van der Waals surface area contributed by atoms with Gasteiger partial charge >= 0.3 is 0 Å². The van der Waals surface area contributed by atoms with E-state index in [0.717, 1.165) is 31.5 Å². The van der Waals surface area contributed by atoms with Gasteiger partial charge in [0, 0.05) is 19.8 Å². The molecule has 1 aliphatic carbocycles. The second-order valence-corrected chi connectivity index (χ2v) is 4.30. The molecule has 1 fully saturated rings. The third-order valence-electron chi connectivity index (χ3n) is 3.01. The van der Waals surface area contributed by atoms with Gasteiger partial charge in [0.05, 0.1) is 5.60 Å². The first kappa shape index (κ1) is 11.1. The monoisotopic (exact) mass is 222 g/mol. The molecule has 0 unspecified atom stereocenters. The number of nitrogens with zero attached hydrogens (tertiary/aromatic N) is 2. The van der Waals surface area contributed by atoms with Crippen LogP contribution in [0.4, 0.5) is 11.8 Å². The second-order valence-electron chi connectivity index (χ2n) is 4.30. The first-order chi connectivity index (χ1) is 7.72. The first-order valence-corrected chi connectivity index (χ1v) is 5.69. The molecule has 0 radical (unpaired) electrons. The van der Waals surface area contributed by atoms with Gasteiger partial charge in [-0.3, -0.25) is 0 Å². The van der Waals surface area contributed by atoms with Crippen molar-refractivity contribution in [3.63, 3.8) is 0 Å². The van der Waals surface area contributed by atoms with E-state index < -0.39 is 5.60 Å². The Bertz CT molecular complexity index is 350. The van der Waals surface area contributed by atoms with E-state index >= 15 is 0 Å². The van der Waals surface area contributed by atoms with E-state index in [1.807, 2.05) is 0 Å². The SMILES string of the molecule is CNc1nccc(NCC2(O)CCCC2)n1. The Morgan fingerprint density at radius 2 is 2.19 bits per heavy atom. The molecule has 5 heteroatoms. The van der Waals surface area contributed by atoms with Crippen LogP contribution in [-0.4, -0.2) is 34.3 Å². The van der Waals surface area contributed by atoms with Crippen LogP contribution in [0.3, 0.4) is 0 Å². The summed E-state index contributed by atoms with van der Waals surface area (Å²) in [6, 6.07) is 1.80. The molecule has 0 aliphatic heterocycles. The van der Waals surface area contributed by atoms with Gasteiger partial charge in [0.15, 0.2) is 0 Å². The molecule has 16 heavy (non-hydrogen) atoms. The Balaban J connectivity index is 1.93. The topological polar surface area (TPSA) is 70.1 Å². The summed E-state index contributed by atoms with van der Waals surface area (Å²) in [5, 5.41) is 16.2. The van der Waals surface area contributed by atoms with E-state index in [1.165, 1.54) is 0 Å². The molecule has 0 spiro atoms. The normalized spacial score (nSPS) is 18.4. The predicted molar refractivity (Wildman–Crippen MR) is 63.5 cm³/mol. The zero-order valence-electron chi connectivity index (χ0n) is 9.53. The highest BCUT2D eigenvalue weighted by molar-refractivity contribution is 5.39. The van der Waals surface area contributed by atoms with Crippen LogP contribution in [0.2, 0.25) is 0 Å². The van der Waals surface area contributed by atoms with Gasteiger partial charge in [-0.05, 0) is 18.9 Å². The fourth-order valence-corrected chi connectivity index (χ4v) is 2.04. The molecular formula is C11H18N4O. The van der Waals surface area contributed by atoms with Crippen molar-refractivity contribution >= 4 is 11.8 Å². The molecule has 3 N–H and O–H groups in total. The van der Waals surface area contributed by atoms with Gasteiger partial charge in [-0.2, -0.15) is 4.98 Å². The molecule has 5 nitrogen and oxygen atoms in total. The third kappa shape index (κ3) is 2.61. The zero-order chi connectivity index (χ0) is 11.4. The second kappa shape index (κ2) is 4.65. The Morgan fingerprint density at radius 3 is 2.88 bits per heavy atom. The smallest absolute Gasteiger partial charge is 0.224 e. The van der Waals surface area contributed by atoms with Crippen LogP contribution >= 0.6 is 0 Å². The molecule has 88 valence electrons. The zero-order valence-corrected chi connectivity index (χ0v) is 9.53. The minimum absolute atomic E-state index is 0.551. The van der Waals surface area contributed by atoms with Crippen molar-refractivity contribution < 1.29 is 5.11 Å². The average molecular weight is 222 g/mol. The summed E-state index contributed by atoms with van der Waals surface area (Å²) < 4.78 is 0. The summed E-state index contributed by atoms with van der Waals surface area (Å²) in [5.41, 5.74) is -0.551. The van der Waals surface area contributed by atoms with Crippen molar-refractivity contribution in [2.24, 2.45) is 0 Å². The highest BCUT2D eigenvalue weighted by Gasteiger charge is 2.30. The van der Waals surface area contributed by atoms with Crippen molar-refractivity contribution in [2.75, 3.05) is 24.2 Å². The summed E-state index contributed by atoms with van der Waals surface area (Å²) in [5.74, 6) is 1.34. The van der Waals surface area contributed by atoms with Crippen molar-refractivity contribution in [3.05, 3.63) is 12.3 Å². The first-order valence-electron chi connectivity index (χ1n) is 5.69. The van der Waals surface area contributed by atoms with Gasteiger partial charge in [-0.25, -0.2) is 4.98 Å². The summed E-state index contributed by atoms with van der Waals surface area (Å²) in [7, 11) is 1.78. The number of hydrogen-bond donors (Lipinski definition) is 3. The standard InChI is InChI=1S/C11H18N4O/c1-12-10-13-7-4-9(15-10)14-8-11(16)5-2-3-6-11/h4,7,16H,2-3,5-6,8H2,1H3,(H2,12,13,14,15). The van der Waals surface area contributed by atoms with Crippen molar-refractivity contribution in [3.8, 4) is 0 Å². The van der Waals surface area contributed by atoms with Crippen LogP contribution in [0, 0.1) is 0 Å². The lowest BCUT2D eigenvalue weighted by molar-refractivity contribution is 0.0614. The highest BCUT2D eigenvalue weighted by Crippen LogP contribution is 2.29. The van der Waals surface area contributed by atoms with Gasteiger partial charge in [0.2, 0.25) is 5.95 Å². The maximum atomic E-state index is 10.2. The summed E-state index contributed by atoms with van der Waals surface area (Å²) in [6.45, 7) is 0.563. The molecule has 0 bridgehead atoms. The lowest BCUT2D eigenvalue weighted by Crippen LogP contribution is -2.33. The number of anilines is 2. The fraction of sp³-hybridized carbons (Fsp3) is 0.636. The van der Waals surface area contributed by atoms with Crippen LogP contribution in [0.1, 0.15) is 25.7 Å². The molecular weight excluding hydrogens is 204 g/mol. The molecule has 1 heterocycles. The summed E-state index contributed by atoms with van der Waals surface area (Å²) in [4.78, 5) is 8.27. The molecule has 1 saturated carbocycles. The Morgan fingerprint density at radius 1 is 1.44 bits per heavy atom. The molecule has 1 aromatic rings. The average Bonchev–Trinajstić information content (AvgIpc) is 2.75. The number of aliphatic hydroxyl groups is 1. The number of aromatic nitrogens is 2. The number of nitrogens with one attached hydrogen (secondary N) is 2. The summed E-state index contributed by atoms with van der Waals surface area (Å²) in [6.07, 6.45) is 5.68. The molecule has 1 aromatic heterocycles. The van der Waals surface area contributed by atoms with Crippen LogP contribution in [-0.2, 0) is 0 Å². The van der Waals surface area contributed by atoms with Gasteiger partial charge in [-0.15, -0.1) is 0 Å². The van der Waals surface area contributed by atoms with Crippen molar-refractivity contribution in [1.29, 1.82) is 0 Å². The Hall–Kier alpha value is -1.36. The lowest BCUT2D eigenvalue weighted by atomic mass is 10.0.